The number of thioether (sulfide) groups is 1. The van der Waals surface area contributed by atoms with Crippen LogP contribution in [0.3, 0.4) is 0 Å². The highest BCUT2D eigenvalue weighted by Crippen LogP contribution is 2.24. The molecule has 5 nitrogen and oxygen atoms in total. The number of alkyl halides is 1. The molecular weight excluding hydrogens is 218 g/mol. The molecule has 1 N–H and O–H groups in total. The highest BCUT2D eigenvalue weighted by Gasteiger charge is 2.31. The third-order valence-electron chi connectivity index (χ3n) is 1.48. The molecule has 0 aromatic heterocycles. The largest absolute Gasteiger partial charge is 0.508 e. The van der Waals surface area contributed by atoms with Crippen LogP contribution in [0, 0.1) is 0 Å². The first-order valence-corrected chi connectivity index (χ1v) is 5.10. The fraction of sp³-hybridized carbons (Fsp3) is 0.667. The molecule has 0 aromatic carbocycles. The molecule has 1 aliphatic heterocycles. The predicted molar refractivity (Wildman–Crippen MR) is 47.8 cm³/mol. The fourth-order valence-electron chi connectivity index (χ4n) is 0.950. The summed E-state index contributed by atoms with van der Waals surface area (Å²) in [7, 11) is 0. The molecule has 1 aliphatic rings. The van der Waals surface area contributed by atoms with Crippen LogP contribution in [0.1, 0.15) is 0 Å². The number of hydrogen-bond acceptors (Lipinski definition) is 4. The SMILES string of the molecule is O=C(O)OC1SCCN1C(=O)CCl. The van der Waals surface area contributed by atoms with Gasteiger partial charge in [0.25, 0.3) is 0 Å². The quantitative estimate of drug-likeness (QED) is 0.556. The summed E-state index contributed by atoms with van der Waals surface area (Å²) in [5.74, 6) is 0.207. The van der Waals surface area contributed by atoms with E-state index in [2.05, 4.69) is 4.74 Å². The number of ether oxygens (including phenoxy) is 1. The van der Waals surface area contributed by atoms with Crippen molar-refractivity contribution in [1.82, 2.24) is 4.90 Å². The Hall–Kier alpha value is -0.620. The van der Waals surface area contributed by atoms with Crippen LogP contribution < -0.4 is 0 Å². The lowest BCUT2D eigenvalue weighted by molar-refractivity contribution is -0.133. The van der Waals surface area contributed by atoms with Gasteiger partial charge in [0.1, 0.15) is 5.88 Å². The van der Waals surface area contributed by atoms with Crippen molar-refractivity contribution in [3.8, 4) is 0 Å². The smallest absolute Gasteiger partial charge is 0.450 e. The zero-order valence-electron chi connectivity index (χ0n) is 6.60. The Labute approximate surface area is 84.0 Å². The predicted octanol–water partition coefficient (Wildman–Crippen LogP) is 0.779. The molecule has 0 saturated carbocycles. The van der Waals surface area contributed by atoms with Crippen LogP contribution in [0.2, 0.25) is 0 Å². The molecule has 1 rings (SSSR count). The molecule has 0 radical (unpaired) electrons. The molecule has 0 spiro atoms. The molecule has 1 amide bonds. The molecule has 0 aromatic rings. The Kier molecular flexibility index (Phi) is 3.68. The second kappa shape index (κ2) is 4.57. The van der Waals surface area contributed by atoms with Crippen LogP contribution in [-0.2, 0) is 9.53 Å². The minimum absolute atomic E-state index is 0.153. The van der Waals surface area contributed by atoms with E-state index in [-0.39, 0.29) is 11.8 Å². The van der Waals surface area contributed by atoms with Crippen molar-refractivity contribution in [2.45, 2.75) is 5.56 Å². The van der Waals surface area contributed by atoms with Gasteiger partial charge in [-0.2, -0.15) is 0 Å². The van der Waals surface area contributed by atoms with Gasteiger partial charge in [0.05, 0.1) is 0 Å². The molecular formula is C6H8ClNO4S. The number of halogens is 1. The highest BCUT2D eigenvalue weighted by molar-refractivity contribution is 8.00. The molecule has 0 bridgehead atoms. The third-order valence-corrected chi connectivity index (χ3v) is 2.77. The summed E-state index contributed by atoms with van der Waals surface area (Å²) in [5, 5.41) is 8.34. The number of rotatable bonds is 2. The van der Waals surface area contributed by atoms with Gasteiger partial charge in [-0.1, -0.05) is 11.8 Å². The molecule has 74 valence electrons. The zero-order valence-corrected chi connectivity index (χ0v) is 8.18. The monoisotopic (exact) mass is 225 g/mol. The number of hydrogen-bond donors (Lipinski definition) is 1. The van der Waals surface area contributed by atoms with Crippen LogP contribution in [0.15, 0.2) is 0 Å². The van der Waals surface area contributed by atoms with E-state index in [9.17, 15) is 9.59 Å². The number of carboxylic acid groups (broad SMARTS) is 1. The topological polar surface area (TPSA) is 66.8 Å². The molecule has 7 heteroatoms. The maximum absolute atomic E-state index is 11.1. The first-order chi connectivity index (χ1) is 6.15. The van der Waals surface area contributed by atoms with Crippen molar-refractivity contribution in [2.24, 2.45) is 0 Å². The third kappa shape index (κ3) is 2.67. The first-order valence-electron chi connectivity index (χ1n) is 3.51. The lowest BCUT2D eigenvalue weighted by atomic mass is 10.5. The fourth-order valence-corrected chi connectivity index (χ4v) is 2.16. The second-order valence-corrected chi connectivity index (χ2v) is 3.69. The summed E-state index contributed by atoms with van der Waals surface area (Å²) >= 11 is 6.60. The Balaban J connectivity index is 2.53. The maximum Gasteiger partial charge on any atom is 0.508 e. The normalized spacial score (nSPS) is 21.6. The van der Waals surface area contributed by atoms with Gasteiger partial charge in [-0.05, 0) is 0 Å². The standard InChI is InChI=1S/C6H8ClNO4S/c7-3-4(9)8-1-2-13-5(8)12-6(10)11/h5H,1-3H2,(H,10,11). The van der Waals surface area contributed by atoms with Crippen LogP contribution in [-0.4, -0.2) is 45.8 Å². The van der Waals surface area contributed by atoms with Crippen LogP contribution in [0.25, 0.3) is 0 Å². The van der Waals surface area contributed by atoms with E-state index in [1.165, 1.54) is 16.7 Å². The van der Waals surface area contributed by atoms with E-state index in [0.29, 0.717) is 12.3 Å². The summed E-state index contributed by atoms with van der Waals surface area (Å²) in [6.07, 6.45) is -1.38. The van der Waals surface area contributed by atoms with E-state index < -0.39 is 11.7 Å². The van der Waals surface area contributed by atoms with Crippen LogP contribution in [0.5, 0.6) is 0 Å². The van der Waals surface area contributed by atoms with Gasteiger partial charge in [0.2, 0.25) is 11.5 Å². The van der Waals surface area contributed by atoms with Gasteiger partial charge in [0, 0.05) is 12.3 Å². The van der Waals surface area contributed by atoms with Crippen molar-refractivity contribution in [2.75, 3.05) is 18.2 Å². The molecule has 1 saturated heterocycles. The van der Waals surface area contributed by atoms with Crippen molar-refractivity contribution in [1.29, 1.82) is 0 Å². The van der Waals surface area contributed by atoms with Crippen molar-refractivity contribution in [3.63, 3.8) is 0 Å². The Morgan fingerprint density at radius 3 is 2.92 bits per heavy atom. The van der Waals surface area contributed by atoms with Crippen molar-refractivity contribution in [3.05, 3.63) is 0 Å². The lowest BCUT2D eigenvalue weighted by Gasteiger charge is -2.20. The lowest BCUT2D eigenvalue weighted by Crippen LogP contribution is -2.38. The van der Waals surface area contributed by atoms with Crippen LogP contribution in [0.4, 0.5) is 4.79 Å². The molecule has 1 atom stereocenters. The number of carbonyl (C=O) groups excluding carboxylic acids is 1. The van der Waals surface area contributed by atoms with Gasteiger partial charge >= 0.3 is 6.16 Å². The van der Waals surface area contributed by atoms with Gasteiger partial charge in [-0.25, -0.2) is 4.79 Å². The summed E-state index contributed by atoms with van der Waals surface area (Å²) < 4.78 is 4.47. The number of nitrogens with zero attached hydrogens (tertiary/aromatic N) is 1. The minimum atomic E-state index is -1.38. The molecule has 1 fully saturated rings. The zero-order chi connectivity index (χ0) is 9.84. The molecule has 0 aliphatic carbocycles. The summed E-state index contributed by atoms with van der Waals surface area (Å²) in [4.78, 5) is 22.6. The summed E-state index contributed by atoms with van der Waals surface area (Å²) in [5.41, 5.74) is -0.733. The van der Waals surface area contributed by atoms with Crippen molar-refractivity contribution >= 4 is 35.4 Å². The van der Waals surface area contributed by atoms with Gasteiger partial charge in [-0.15, -0.1) is 11.6 Å². The molecule has 1 heterocycles. The van der Waals surface area contributed by atoms with Gasteiger partial charge in [-0.3, -0.25) is 9.69 Å². The minimum Gasteiger partial charge on any atom is -0.450 e. The highest BCUT2D eigenvalue weighted by atomic mass is 35.5. The van der Waals surface area contributed by atoms with E-state index >= 15 is 0 Å². The number of carbonyl (C=O) groups is 2. The van der Waals surface area contributed by atoms with E-state index in [1.54, 1.807) is 0 Å². The van der Waals surface area contributed by atoms with Gasteiger partial charge < -0.3 is 9.84 Å². The Bertz CT molecular complexity index is 225. The molecule has 13 heavy (non-hydrogen) atoms. The van der Waals surface area contributed by atoms with E-state index in [4.69, 9.17) is 16.7 Å². The average molecular weight is 226 g/mol. The maximum atomic E-state index is 11.1. The van der Waals surface area contributed by atoms with Crippen molar-refractivity contribution < 1.29 is 19.4 Å². The van der Waals surface area contributed by atoms with Gasteiger partial charge in [0.15, 0.2) is 0 Å². The van der Waals surface area contributed by atoms with E-state index in [0.717, 1.165) is 0 Å². The Morgan fingerprint density at radius 1 is 1.69 bits per heavy atom. The second-order valence-electron chi connectivity index (χ2n) is 2.28. The number of amides is 1. The van der Waals surface area contributed by atoms with Crippen LogP contribution >= 0.6 is 23.4 Å². The first kappa shape index (κ1) is 10.5. The summed E-state index contributed by atoms with van der Waals surface area (Å²) in [6, 6.07) is 0. The molecule has 1 unspecified atom stereocenters. The Morgan fingerprint density at radius 2 is 2.38 bits per heavy atom. The average Bonchev–Trinajstić information content (AvgIpc) is 2.50. The summed E-state index contributed by atoms with van der Waals surface area (Å²) in [6.45, 7) is 0.480. The van der Waals surface area contributed by atoms with E-state index in [1.807, 2.05) is 0 Å².